The minimum Gasteiger partial charge on any atom is -0.457 e. The first-order valence-electron chi connectivity index (χ1n) is 8.29. The second kappa shape index (κ2) is 4.71. The molecule has 3 fully saturated rings. The second-order valence-corrected chi connectivity index (χ2v) is 6.79. The van der Waals surface area contributed by atoms with Crippen molar-refractivity contribution >= 4 is 17.0 Å². The lowest BCUT2D eigenvalue weighted by atomic mass is 9.79. The van der Waals surface area contributed by atoms with Crippen LogP contribution in [0.25, 0.3) is 17.0 Å². The highest BCUT2D eigenvalue weighted by Crippen LogP contribution is 2.55. The van der Waals surface area contributed by atoms with Gasteiger partial charge in [0.2, 0.25) is 0 Å². The maximum Gasteiger partial charge on any atom is 0.174 e. The minimum absolute atomic E-state index is 0.259. The third-order valence-corrected chi connectivity index (χ3v) is 5.55. The third-order valence-electron chi connectivity index (χ3n) is 5.55. The molecule has 3 nitrogen and oxygen atoms in total. The SMILES string of the molecule is C(=C1C[C@H]2CC[C@@H](C1)C21OCCO1)c1cc2ccccc2o1. The van der Waals surface area contributed by atoms with Gasteiger partial charge in [-0.15, -0.1) is 0 Å². The molecule has 0 N–H and O–H groups in total. The zero-order chi connectivity index (χ0) is 14.6. The summed E-state index contributed by atoms with van der Waals surface area (Å²) in [4.78, 5) is 0. The minimum atomic E-state index is -0.259. The van der Waals surface area contributed by atoms with E-state index in [1.807, 2.05) is 18.2 Å². The van der Waals surface area contributed by atoms with E-state index in [2.05, 4.69) is 18.2 Å². The average Bonchev–Trinajstić information content (AvgIpc) is 3.19. The van der Waals surface area contributed by atoms with Crippen LogP contribution in [0, 0.1) is 11.8 Å². The van der Waals surface area contributed by atoms with E-state index in [-0.39, 0.29) is 5.79 Å². The van der Waals surface area contributed by atoms with Gasteiger partial charge in [-0.3, -0.25) is 0 Å². The van der Waals surface area contributed by atoms with Crippen LogP contribution in [0.1, 0.15) is 31.4 Å². The number of para-hydroxylation sites is 1. The number of rotatable bonds is 1. The quantitative estimate of drug-likeness (QED) is 0.782. The zero-order valence-electron chi connectivity index (χ0n) is 12.6. The van der Waals surface area contributed by atoms with Crippen LogP contribution in [0.2, 0.25) is 0 Å². The fraction of sp³-hybridized carbons (Fsp3) is 0.474. The Balaban J connectivity index is 1.45. The van der Waals surface area contributed by atoms with Crippen molar-refractivity contribution in [2.24, 2.45) is 11.8 Å². The second-order valence-electron chi connectivity index (χ2n) is 6.79. The van der Waals surface area contributed by atoms with Crippen molar-refractivity contribution in [2.75, 3.05) is 13.2 Å². The molecule has 1 aromatic heterocycles. The van der Waals surface area contributed by atoms with Gasteiger partial charge in [-0.05, 0) is 43.9 Å². The molecule has 5 rings (SSSR count). The van der Waals surface area contributed by atoms with E-state index < -0.39 is 0 Å². The van der Waals surface area contributed by atoms with Crippen molar-refractivity contribution in [1.29, 1.82) is 0 Å². The van der Waals surface area contributed by atoms with Crippen molar-refractivity contribution in [1.82, 2.24) is 0 Å². The molecule has 2 bridgehead atoms. The fourth-order valence-corrected chi connectivity index (χ4v) is 4.65. The summed E-state index contributed by atoms with van der Waals surface area (Å²) < 4.78 is 18.0. The molecule has 2 saturated carbocycles. The lowest BCUT2D eigenvalue weighted by molar-refractivity contribution is -0.215. The predicted octanol–water partition coefficient (Wildman–Crippen LogP) is 4.38. The van der Waals surface area contributed by atoms with Gasteiger partial charge < -0.3 is 13.9 Å². The Morgan fingerprint density at radius 3 is 2.45 bits per heavy atom. The van der Waals surface area contributed by atoms with Crippen molar-refractivity contribution in [3.8, 4) is 0 Å². The van der Waals surface area contributed by atoms with Gasteiger partial charge in [0.25, 0.3) is 0 Å². The van der Waals surface area contributed by atoms with E-state index in [9.17, 15) is 0 Å². The first-order chi connectivity index (χ1) is 10.8. The molecule has 3 heteroatoms. The smallest absolute Gasteiger partial charge is 0.174 e. The molecular formula is C19H20O3. The number of furan rings is 1. The molecule has 2 aliphatic carbocycles. The van der Waals surface area contributed by atoms with Gasteiger partial charge in [0.05, 0.1) is 13.2 Å². The van der Waals surface area contributed by atoms with Crippen LogP contribution in [0.5, 0.6) is 0 Å². The molecule has 114 valence electrons. The summed E-state index contributed by atoms with van der Waals surface area (Å²) in [5.41, 5.74) is 2.45. The number of ether oxygens (including phenoxy) is 2. The van der Waals surface area contributed by atoms with E-state index in [0.29, 0.717) is 11.8 Å². The van der Waals surface area contributed by atoms with Crippen LogP contribution in [0.4, 0.5) is 0 Å². The molecule has 1 spiro atoms. The first-order valence-corrected chi connectivity index (χ1v) is 8.29. The number of allylic oxidation sites excluding steroid dienone is 1. The lowest BCUT2D eigenvalue weighted by Gasteiger charge is -2.39. The number of hydrogen-bond donors (Lipinski definition) is 0. The molecule has 1 aliphatic heterocycles. The summed E-state index contributed by atoms with van der Waals surface area (Å²) in [6.07, 6.45) is 6.85. The van der Waals surface area contributed by atoms with Gasteiger partial charge in [0.15, 0.2) is 5.79 Å². The molecule has 3 aliphatic rings. The van der Waals surface area contributed by atoms with Gasteiger partial charge in [-0.1, -0.05) is 23.8 Å². The Labute approximate surface area is 129 Å². The van der Waals surface area contributed by atoms with E-state index in [0.717, 1.165) is 37.4 Å². The highest BCUT2D eigenvalue weighted by atomic mass is 16.7. The maximum absolute atomic E-state index is 6.04. The van der Waals surface area contributed by atoms with E-state index >= 15 is 0 Å². The normalized spacial score (nSPS) is 31.5. The third kappa shape index (κ3) is 1.82. The molecule has 2 aromatic rings. The lowest BCUT2D eigenvalue weighted by Crippen LogP contribution is -2.44. The molecule has 22 heavy (non-hydrogen) atoms. The highest BCUT2D eigenvalue weighted by molar-refractivity contribution is 5.79. The molecule has 0 amide bonds. The Morgan fingerprint density at radius 1 is 1.00 bits per heavy atom. The Kier molecular flexibility index (Phi) is 2.76. The number of fused-ring (bicyclic) bond motifs is 1. The molecular weight excluding hydrogens is 276 g/mol. The molecule has 2 atom stereocenters. The van der Waals surface area contributed by atoms with Crippen molar-refractivity contribution in [3.05, 3.63) is 41.7 Å². The monoisotopic (exact) mass is 296 g/mol. The van der Waals surface area contributed by atoms with E-state index in [1.165, 1.54) is 23.8 Å². The summed E-state index contributed by atoms with van der Waals surface area (Å²) in [5.74, 6) is 1.75. The van der Waals surface area contributed by atoms with Crippen molar-refractivity contribution < 1.29 is 13.9 Å². The fourth-order valence-electron chi connectivity index (χ4n) is 4.65. The highest BCUT2D eigenvalue weighted by Gasteiger charge is 2.57. The Morgan fingerprint density at radius 2 is 1.73 bits per heavy atom. The van der Waals surface area contributed by atoms with Crippen LogP contribution in [0.15, 0.2) is 40.3 Å². The molecule has 0 unspecified atom stereocenters. The van der Waals surface area contributed by atoms with Crippen LogP contribution >= 0.6 is 0 Å². The maximum atomic E-state index is 6.04. The molecule has 2 heterocycles. The van der Waals surface area contributed by atoms with Crippen LogP contribution in [-0.4, -0.2) is 19.0 Å². The Bertz CT molecular complexity index is 685. The largest absolute Gasteiger partial charge is 0.457 e. The number of benzene rings is 1. The molecule has 0 radical (unpaired) electrons. The van der Waals surface area contributed by atoms with Crippen LogP contribution < -0.4 is 0 Å². The van der Waals surface area contributed by atoms with Crippen molar-refractivity contribution in [3.63, 3.8) is 0 Å². The summed E-state index contributed by atoms with van der Waals surface area (Å²) in [7, 11) is 0. The number of hydrogen-bond acceptors (Lipinski definition) is 3. The van der Waals surface area contributed by atoms with Crippen LogP contribution in [-0.2, 0) is 9.47 Å². The van der Waals surface area contributed by atoms with E-state index in [1.54, 1.807) is 0 Å². The van der Waals surface area contributed by atoms with Crippen molar-refractivity contribution in [2.45, 2.75) is 31.5 Å². The van der Waals surface area contributed by atoms with Gasteiger partial charge in [0, 0.05) is 17.2 Å². The van der Waals surface area contributed by atoms with Gasteiger partial charge in [-0.25, -0.2) is 0 Å². The summed E-state index contributed by atoms with van der Waals surface area (Å²) >= 11 is 0. The molecule has 1 saturated heterocycles. The zero-order valence-corrected chi connectivity index (χ0v) is 12.6. The summed E-state index contributed by atoms with van der Waals surface area (Å²) in [6, 6.07) is 10.3. The van der Waals surface area contributed by atoms with E-state index in [4.69, 9.17) is 13.9 Å². The van der Waals surface area contributed by atoms with Gasteiger partial charge in [0.1, 0.15) is 11.3 Å². The van der Waals surface area contributed by atoms with Gasteiger partial charge >= 0.3 is 0 Å². The summed E-state index contributed by atoms with van der Waals surface area (Å²) in [5, 5.41) is 1.17. The summed E-state index contributed by atoms with van der Waals surface area (Å²) in [6.45, 7) is 1.52. The standard InChI is InChI=1S/C19H20O3/c1-2-4-18-14(3-1)12-17(22-18)11-13-9-15-5-6-16(10-13)19(15)20-7-8-21-19/h1-4,11-12,15-16H,5-10H2/t15-,16+. The average molecular weight is 296 g/mol. The van der Waals surface area contributed by atoms with Gasteiger partial charge in [-0.2, -0.15) is 0 Å². The first kappa shape index (κ1) is 12.9. The topological polar surface area (TPSA) is 31.6 Å². The predicted molar refractivity (Wildman–Crippen MR) is 84.3 cm³/mol. The van der Waals surface area contributed by atoms with Crippen LogP contribution in [0.3, 0.4) is 0 Å². The Hall–Kier alpha value is -1.58. The molecule has 1 aromatic carbocycles.